The number of nitrogens with zero attached hydrogens (tertiary/aromatic N) is 2. The Morgan fingerprint density at radius 2 is 1.70 bits per heavy atom. The zero-order valence-corrected chi connectivity index (χ0v) is 17.9. The van der Waals surface area contributed by atoms with Crippen LogP contribution in [0.4, 0.5) is 5.69 Å². The van der Waals surface area contributed by atoms with Crippen LogP contribution in [0.5, 0.6) is 0 Å². The second kappa shape index (κ2) is 9.13. The van der Waals surface area contributed by atoms with Crippen molar-refractivity contribution in [1.82, 2.24) is 4.90 Å². The lowest BCUT2D eigenvalue weighted by Crippen LogP contribution is -2.31. The summed E-state index contributed by atoms with van der Waals surface area (Å²) in [5, 5.41) is 11.0. The molecular weight excluding hydrogens is 380 g/mol. The molecule has 0 aliphatic carbocycles. The number of aliphatic hydroxyl groups excluding tert-OH is 1. The SMILES string of the molecule is COCCCN1C(=O)C(=O)C(=C(O)c2ccc(C)cc2)[C@@H]1c1ccc(N(C)C)cc1. The van der Waals surface area contributed by atoms with Crippen molar-refractivity contribution < 1.29 is 19.4 Å². The maximum Gasteiger partial charge on any atom is 0.295 e. The molecule has 1 aliphatic rings. The highest BCUT2D eigenvalue weighted by molar-refractivity contribution is 6.46. The number of ketones is 1. The number of anilines is 1. The lowest BCUT2D eigenvalue weighted by molar-refractivity contribution is -0.140. The lowest BCUT2D eigenvalue weighted by Gasteiger charge is -2.26. The molecule has 0 saturated carbocycles. The van der Waals surface area contributed by atoms with Crippen LogP contribution in [0.2, 0.25) is 0 Å². The van der Waals surface area contributed by atoms with E-state index in [1.807, 2.05) is 62.3 Å². The fraction of sp³-hybridized carbons (Fsp3) is 0.333. The Balaban J connectivity index is 2.10. The molecule has 0 unspecified atom stereocenters. The Hall–Kier alpha value is -3.12. The number of aryl methyl sites for hydroxylation is 1. The Morgan fingerprint density at radius 3 is 2.27 bits per heavy atom. The van der Waals surface area contributed by atoms with Crippen molar-refractivity contribution in [3.05, 3.63) is 70.8 Å². The van der Waals surface area contributed by atoms with Crippen LogP contribution in [0, 0.1) is 6.92 Å². The number of aliphatic hydroxyl groups is 1. The van der Waals surface area contributed by atoms with E-state index in [-0.39, 0.29) is 11.3 Å². The fourth-order valence-electron chi connectivity index (χ4n) is 3.66. The summed E-state index contributed by atoms with van der Waals surface area (Å²) < 4.78 is 5.11. The van der Waals surface area contributed by atoms with Gasteiger partial charge in [0.1, 0.15) is 5.76 Å². The van der Waals surface area contributed by atoms with Crippen molar-refractivity contribution >= 4 is 23.1 Å². The van der Waals surface area contributed by atoms with Gasteiger partial charge >= 0.3 is 0 Å². The average molecular weight is 408 g/mol. The van der Waals surface area contributed by atoms with Gasteiger partial charge in [-0.2, -0.15) is 0 Å². The van der Waals surface area contributed by atoms with Crippen molar-refractivity contribution in [3.8, 4) is 0 Å². The number of Topliss-reactive ketones (excluding diaryl/α,β-unsaturated/α-hetero) is 1. The van der Waals surface area contributed by atoms with E-state index in [2.05, 4.69) is 0 Å². The minimum atomic E-state index is -0.660. The second-order valence-corrected chi connectivity index (χ2v) is 7.69. The number of carbonyl (C=O) groups excluding carboxylic acids is 2. The van der Waals surface area contributed by atoms with E-state index in [0.717, 1.165) is 16.8 Å². The Labute approximate surface area is 177 Å². The number of likely N-dealkylation sites (tertiary alicyclic amines) is 1. The third kappa shape index (κ3) is 4.24. The first-order valence-corrected chi connectivity index (χ1v) is 9.96. The fourth-order valence-corrected chi connectivity index (χ4v) is 3.66. The van der Waals surface area contributed by atoms with E-state index in [1.165, 1.54) is 4.90 Å². The van der Waals surface area contributed by atoms with E-state index >= 15 is 0 Å². The minimum absolute atomic E-state index is 0.124. The van der Waals surface area contributed by atoms with E-state index in [0.29, 0.717) is 25.1 Å². The number of carbonyl (C=O) groups is 2. The summed E-state index contributed by atoms with van der Waals surface area (Å²) in [4.78, 5) is 29.3. The third-order valence-corrected chi connectivity index (χ3v) is 5.34. The molecule has 0 bridgehead atoms. The van der Waals surface area contributed by atoms with Crippen LogP contribution in [0.25, 0.3) is 5.76 Å². The van der Waals surface area contributed by atoms with Gasteiger partial charge in [-0.1, -0.05) is 42.0 Å². The Morgan fingerprint density at radius 1 is 1.07 bits per heavy atom. The highest BCUT2D eigenvalue weighted by Gasteiger charge is 2.45. The van der Waals surface area contributed by atoms with Crippen LogP contribution >= 0.6 is 0 Å². The van der Waals surface area contributed by atoms with Gasteiger partial charge in [0.05, 0.1) is 11.6 Å². The molecule has 158 valence electrons. The molecule has 1 atom stereocenters. The summed E-state index contributed by atoms with van der Waals surface area (Å²) in [6.45, 7) is 2.79. The summed E-state index contributed by atoms with van der Waals surface area (Å²) in [6.07, 6.45) is 0.598. The van der Waals surface area contributed by atoms with Gasteiger partial charge in [0.15, 0.2) is 0 Å². The zero-order chi connectivity index (χ0) is 21.8. The number of rotatable bonds is 7. The molecule has 2 aromatic rings. The number of ether oxygens (including phenoxy) is 1. The first kappa shape index (κ1) is 21.6. The van der Waals surface area contributed by atoms with Crippen LogP contribution in [0.3, 0.4) is 0 Å². The number of hydrogen-bond donors (Lipinski definition) is 1. The molecule has 1 N–H and O–H groups in total. The molecule has 30 heavy (non-hydrogen) atoms. The first-order chi connectivity index (χ1) is 14.3. The van der Waals surface area contributed by atoms with Crippen LogP contribution < -0.4 is 4.90 Å². The Kier molecular flexibility index (Phi) is 6.57. The molecule has 1 heterocycles. The summed E-state index contributed by atoms with van der Waals surface area (Å²) >= 11 is 0. The molecule has 0 aromatic heterocycles. The molecule has 3 rings (SSSR count). The van der Waals surface area contributed by atoms with Crippen molar-refractivity contribution in [2.24, 2.45) is 0 Å². The topological polar surface area (TPSA) is 70.1 Å². The smallest absolute Gasteiger partial charge is 0.295 e. The maximum atomic E-state index is 12.9. The van der Waals surface area contributed by atoms with Crippen molar-refractivity contribution in [2.75, 3.05) is 39.3 Å². The zero-order valence-electron chi connectivity index (χ0n) is 17.9. The molecule has 2 aromatic carbocycles. The number of amides is 1. The summed E-state index contributed by atoms with van der Waals surface area (Å²) in [6, 6.07) is 14.3. The Bertz CT molecular complexity index is 946. The van der Waals surface area contributed by atoms with Crippen molar-refractivity contribution in [1.29, 1.82) is 0 Å². The van der Waals surface area contributed by atoms with Crippen LogP contribution in [-0.2, 0) is 14.3 Å². The van der Waals surface area contributed by atoms with Gasteiger partial charge in [-0.05, 0) is 31.0 Å². The maximum absolute atomic E-state index is 12.9. The van der Waals surface area contributed by atoms with Crippen LogP contribution in [0.1, 0.15) is 29.2 Å². The molecular formula is C24H28N2O4. The highest BCUT2D eigenvalue weighted by atomic mass is 16.5. The van der Waals surface area contributed by atoms with Gasteiger partial charge in [0.25, 0.3) is 11.7 Å². The average Bonchev–Trinajstić information content (AvgIpc) is 2.99. The van der Waals surface area contributed by atoms with Crippen molar-refractivity contribution in [3.63, 3.8) is 0 Å². The molecule has 6 nitrogen and oxygen atoms in total. The lowest BCUT2D eigenvalue weighted by atomic mass is 9.95. The van der Waals surface area contributed by atoms with Gasteiger partial charge in [-0.15, -0.1) is 0 Å². The predicted molar refractivity (Wildman–Crippen MR) is 117 cm³/mol. The molecule has 1 fully saturated rings. The molecule has 0 spiro atoms. The van der Waals surface area contributed by atoms with E-state index in [4.69, 9.17) is 4.74 Å². The molecule has 1 amide bonds. The van der Waals surface area contributed by atoms with E-state index in [1.54, 1.807) is 19.2 Å². The number of hydrogen-bond acceptors (Lipinski definition) is 5. The molecule has 1 aliphatic heterocycles. The molecule has 0 radical (unpaired) electrons. The van der Waals surface area contributed by atoms with E-state index in [9.17, 15) is 14.7 Å². The minimum Gasteiger partial charge on any atom is -0.507 e. The third-order valence-electron chi connectivity index (χ3n) is 5.34. The standard InChI is InChI=1S/C24H28N2O4/c1-16-6-8-18(9-7-16)22(27)20-21(17-10-12-19(13-11-17)25(2)3)26(14-5-15-30-4)24(29)23(20)28/h6-13,21,27H,5,14-15H2,1-4H3/t21-/m0/s1. The molecule has 1 saturated heterocycles. The largest absolute Gasteiger partial charge is 0.507 e. The van der Waals surface area contributed by atoms with Gasteiger partial charge in [-0.25, -0.2) is 0 Å². The summed E-state index contributed by atoms with van der Waals surface area (Å²) in [5.74, 6) is -1.40. The van der Waals surface area contributed by atoms with Gasteiger partial charge in [0.2, 0.25) is 0 Å². The summed E-state index contributed by atoms with van der Waals surface area (Å²) in [7, 11) is 5.50. The number of methoxy groups -OCH3 is 1. The van der Waals surface area contributed by atoms with E-state index < -0.39 is 17.7 Å². The van der Waals surface area contributed by atoms with Gasteiger partial charge in [-0.3, -0.25) is 9.59 Å². The predicted octanol–water partition coefficient (Wildman–Crippen LogP) is 3.52. The quantitative estimate of drug-likeness (QED) is 0.329. The van der Waals surface area contributed by atoms with Crippen molar-refractivity contribution in [2.45, 2.75) is 19.4 Å². The number of benzene rings is 2. The summed E-state index contributed by atoms with van der Waals surface area (Å²) in [5.41, 5.74) is 3.48. The normalized spacial score (nSPS) is 18.1. The van der Waals surface area contributed by atoms with Gasteiger partial charge < -0.3 is 19.6 Å². The first-order valence-electron chi connectivity index (χ1n) is 9.96. The van der Waals surface area contributed by atoms with Crippen LogP contribution in [-0.4, -0.2) is 56.1 Å². The highest BCUT2D eigenvalue weighted by Crippen LogP contribution is 2.39. The second-order valence-electron chi connectivity index (χ2n) is 7.69. The van der Waals surface area contributed by atoms with Gasteiger partial charge in [0, 0.05) is 45.6 Å². The van der Waals surface area contributed by atoms with Crippen LogP contribution in [0.15, 0.2) is 54.1 Å². The molecule has 6 heteroatoms. The monoisotopic (exact) mass is 408 g/mol.